The molecule has 1 atom stereocenters. The summed E-state index contributed by atoms with van der Waals surface area (Å²) in [6.07, 6.45) is 1.76. The van der Waals surface area contributed by atoms with Gasteiger partial charge in [-0.3, -0.25) is 4.90 Å². The highest BCUT2D eigenvalue weighted by molar-refractivity contribution is 5.57. The predicted molar refractivity (Wildman–Crippen MR) is 62.3 cm³/mol. The van der Waals surface area contributed by atoms with E-state index in [-0.39, 0.29) is 11.9 Å². The standard InChI is InChI=1S/C13H16FNO2/c14-12-3-1-11(2-4-12)5-6-15-7-8-17-10-13(15)9-16/h1-4,9,13H,5-8,10H2. The SMILES string of the molecule is O=CC1COCCN1CCc1ccc(F)cc1. The molecule has 0 bridgehead atoms. The van der Waals surface area contributed by atoms with Crippen LogP contribution in [0.4, 0.5) is 4.39 Å². The van der Waals surface area contributed by atoms with E-state index in [2.05, 4.69) is 4.90 Å². The number of carbonyl (C=O) groups excluding carboxylic acids is 1. The molecule has 17 heavy (non-hydrogen) atoms. The third-order valence-electron chi connectivity index (χ3n) is 3.04. The van der Waals surface area contributed by atoms with Gasteiger partial charge in [0.2, 0.25) is 0 Å². The van der Waals surface area contributed by atoms with Gasteiger partial charge in [-0.1, -0.05) is 12.1 Å². The zero-order valence-corrected chi connectivity index (χ0v) is 9.64. The molecule has 1 unspecified atom stereocenters. The summed E-state index contributed by atoms with van der Waals surface area (Å²) < 4.78 is 18.0. The van der Waals surface area contributed by atoms with Crippen LogP contribution >= 0.6 is 0 Å². The van der Waals surface area contributed by atoms with Gasteiger partial charge in [-0.05, 0) is 24.1 Å². The summed E-state index contributed by atoms with van der Waals surface area (Å²) in [7, 11) is 0. The van der Waals surface area contributed by atoms with Crippen LogP contribution in [-0.2, 0) is 16.0 Å². The molecule has 3 nitrogen and oxygen atoms in total. The Bertz CT molecular complexity index is 366. The molecule has 1 aliphatic heterocycles. The van der Waals surface area contributed by atoms with Crippen LogP contribution in [0.3, 0.4) is 0 Å². The summed E-state index contributed by atoms with van der Waals surface area (Å²) in [5.41, 5.74) is 1.09. The van der Waals surface area contributed by atoms with Gasteiger partial charge >= 0.3 is 0 Å². The highest BCUT2D eigenvalue weighted by Gasteiger charge is 2.21. The van der Waals surface area contributed by atoms with Crippen LogP contribution in [0.15, 0.2) is 24.3 Å². The Hall–Kier alpha value is -1.26. The van der Waals surface area contributed by atoms with Crippen molar-refractivity contribution in [3.8, 4) is 0 Å². The molecule has 0 spiro atoms. The monoisotopic (exact) mass is 237 g/mol. The summed E-state index contributed by atoms with van der Waals surface area (Å²) >= 11 is 0. The minimum atomic E-state index is -0.217. The van der Waals surface area contributed by atoms with Crippen molar-refractivity contribution in [3.05, 3.63) is 35.6 Å². The molecule has 1 fully saturated rings. The fraction of sp³-hybridized carbons (Fsp3) is 0.462. The minimum absolute atomic E-state index is 0.135. The van der Waals surface area contributed by atoms with E-state index in [0.29, 0.717) is 13.2 Å². The summed E-state index contributed by atoms with van der Waals surface area (Å²) in [6, 6.07) is 6.36. The largest absolute Gasteiger partial charge is 0.378 e. The van der Waals surface area contributed by atoms with E-state index >= 15 is 0 Å². The molecular weight excluding hydrogens is 221 g/mol. The second-order valence-electron chi connectivity index (χ2n) is 4.19. The predicted octanol–water partition coefficient (Wildman–Crippen LogP) is 1.27. The van der Waals surface area contributed by atoms with Crippen LogP contribution in [-0.4, -0.2) is 43.5 Å². The molecule has 0 amide bonds. The number of morpholine rings is 1. The van der Waals surface area contributed by atoms with Gasteiger partial charge in [0, 0.05) is 13.1 Å². The lowest BCUT2D eigenvalue weighted by atomic mass is 10.1. The van der Waals surface area contributed by atoms with Crippen molar-refractivity contribution in [1.82, 2.24) is 4.90 Å². The molecule has 0 aromatic heterocycles. The Morgan fingerprint density at radius 1 is 1.41 bits per heavy atom. The second kappa shape index (κ2) is 5.89. The molecule has 1 aliphatic rings. The van der Waals surface area contributed by atoms with Gasteiger partial charge in [0.15, 0.2) is 0 Å². The van der Waals surface area contributed by atoms with Gasteiger partial charge in [-0.25, -0.2) is 4.39 Å². The molecule has 4 heteroatoms. The fourth-order valence-electron chi connectivity index (χ4n) is 1.98. The van der Waals surface area contributed by atoms with Crippen molar-refractivity contribution in [2.75, 3.05) is 26.3 Å². The Morgan fingerprint density at radius 2 is 2.18 bits per heavy atom. The number of ether oxygens (including phenoxy) is 1. The number of hydrogen-bond acceptors (Lipinski definition) is 3. The lowest BCUT2D eigenvalue weighted by molar-refractivity contribution is -0.118. The maximum Gasteiger partial charge on any atom is 0.139 e. The van der Waals surface area contributed by atoms with Gasteiger partial charge < -0.3 is 9.53 Å². The van der Waals surface area contributed by atoms with Crippen molar-refractivity contribution in [2.45, 2.75) is 12.5 Å². The fourth-order valence-corrected chi connectivity index (χ4v) is 1.98. The maximum absolute atomic E-state index is 12.7. The lowest BCUT2D eigenvalue weighted by Gasteiger charge is -2.32. The highest BCUT2D eigenvalue weighted by atomic mass is 19.1. The molecule has 1 saturated heterocycles. The topological polar surface area (TPSA) is 29.5 Å². The summed E-state index contributed by atoms with van der Waals surface area (Å²) in [5, 5.41) is 0. The Kier molecular flexibility index (Phi) is 4.23. The third kappa shape index (κ3) is 3.35. The van der Waals surface area contributed by atoms with Gasteiger partial charge in [0.1, 0.15) is 12.1 Å². The van der Waals surface area contributed by atoms with Gasteiger partial charge in [-0.15, -0.1) is 0 Å². The first-order valence-corrected chi connectivity index (χ1v) is 5.81. The number of aldehydes is 1. The van der Waals surface area contributed by atoms with Crippen molar-refractivity contribution in [2.24, 2.45) is 0 Å². The Labute approximate surface area is 100 Å². The first kappa shape index (κ1) is 12.2. The van der Waals surface area contributed by atoms with Crippen LogP contribution in [0.1, 0.15) is 5.56 Å². The van der Waals surface area contributed by atoms with Crippen LogP contribution in [0.25, 0.3) is 0 Å². The normalized spacial score (nSPS) is 21.4. The average molecular weight is 237 g/mol. The van der Waals surface area contributed by atoms with E-state index in [0.717, 1.165) is 31.4 Å². The van der Waals surface area contributed by atoms with Crippen molar-refractivity contribution in [1.29, 1.82) is 0 Å². The highest BCUT2D eigenvalue weighted by Crippen LogP contribution is 2.08. The van der Waals surface area contributed by atoms with E-state index < -0.39 is 0 Å². The smallest absolute Gasteiger partial charge is 0.139 e. The van der Waals surface area contributed by atoms with Crippen molar-refractivity contribution >= 4 is 6.29 Å². The summed E-state index contributed by atoms with van der Waals surface area (Å²) in [6.45, 7) is 2.74. The number of benzene rings is 1. The molecule has 2 rings (SSSR count). The summed E-state index contributed by atoms with van der Waals surface area (Å²) in [4.78, 5) is 13.0. The molecule has 1 aromatic rings. The lowest BCUT2D eigenvalue weighted by Crippen LogP contribution is -2.47. The summed E-state index contributed by atoms with van der Waals surface area (Å²) in [5.74, 6) is -0.217. The van der Waals surface area contributed by atoms with Crippen LogP contribution in [0.2, 0.25) is 0 Å². The quantitative estimate of drug-likeness (QED) is 0.739. The zero-order valence-electron chi connectivity index (χ0n) is 9.64. The van der Waals surface area contributed by atoms with Crippen molar-refractivity contribution < 1.29 is 13.9 Å². The second-order valence-corrected chi connectivity index (χ2v) is 4.19. The molecule has 0 N–H and O–H groups in total. The Morgan fingerprint density at radius 3 is 2.88 bits per heavy atom. The number of nitrogens with zero attached hydrogens (tertiary/aromatic N) is 1. The van der Waals surface area contributed by atoms with E-state index in [1.54, 1.807) is 12.1 Å². The third-order valence-corrected chi connectivity index (χ3v) is 3.04. The first-order chi connectivity index (χ1) is 8.29. The van der Waals surface area contributed by atoms with E-state index in [1.165, 1.54) is 12.1 Å². The Balaban J connectivity index is 1.88. The minimum Gasteiger partial charge on any atom is -0.378 e. The van der Waals surface area contributed by atoms with Crippen LogP contribution in [0.5, 0.6) is 0 Å². The molecule has 0 aliphatic carbocycles. The van der Waals surface area contributed by atoms with E-state index in [9.17, 15) is 9.18 Å². The molecule has 0 saturated carbocycles. The molecular formula is C13H16FNO2. The molecule has 0 radical (unpaired) electrons. The maximum atomic E-state index is 12.7. The molecule has 92 valence electrons. The average Bonchev–Trinajstić information content (AvgIpc) is 2.38. The number of rotatable bonds is 4. The molecule has 1 aromatic carbocycles. The van der Waals surface area contributed by atoms with Gasteiger partial charge in [0.25, 0.3) is 0 Å². The van der Waals surface area contributed by atoms with Gasteiger partial charge in [0.05, 0.1) is 19.3 Å². The number of hydrogen-bond donors (Lipinski definition) is 0. The van der Waals surface area contributed by atoms with Gasteiger partial charge in [-0.2, -0.15) is 0 Å². The molecule has 1 heterocycles. The van der Waals surface area contributed by atoms with Crippen molar-refractivity contribution in [3.63, 3.8) is 0 Å². The zero-order chi connectivity index (χ0) is 12.1. The van der Waals surface area contributed by atoms with Crippen LogP contribution in [0, 0.1) is 5.82 Å². The van der Waals surface area contributed by atoms with Crippen LogP contribution < -0.4 is 0 Å². The number of carbonyl (C=O) groups is 1. The number of halogens is 1. The first-order valence-electron chi connectivity index (χ1n) is 5.81. The van der Waals surface area contributed by atoms with E-state index in [4.69, 9.17) is 4.74 Å². The van der Waals surface area contributed by atoms with E-state index in [1.807, 2.05) is 0 Å².